The Kier molecular flexibility index (Phi) is 3.33. The quantitative estimate of drug-likeness (QED) is 0.732. The van der Waals surface area contributed by atoms with Gasteiger partial charge in [0.15, 0.2) is 0 Å². The molecule has 88 valence electrons. The van der Waals surface area contributed by atoms with Crippen LogP contribution in [0.25, 0.3) is 0 Å². The van der Waals surface area contributed by atoms with Crippen molar-refractivity contribution in [1.82, 2.24) is 10.2 Å². The maximum atomic E-state index is 10.2. The highest BCUT2D eigenvalue weighted by Gasteiger charge is 2.33. The van der Waals surface area contributed by atoms with Crippen molar-refractivity contribution in [3.05, 3.63) is 0 Å². The van der Waals surface area contributed by atoms with E-state index >= 15 is 0 Å². The molecule has 0 amide bonds. The third-order valence-electron chi connectivity index (χ3n) is 4.14. The molecule has 2 fully saturated rings. The average Bonchev–Trinajstić information content (AvgIpc) is 2.73. The third-order valence-corrected chi connectivity index (χ3v) is 4.14. The molecule has 0 radical (unpaired) electrons. The number of aliphatic hydroxyl groups is 1. The first kappa shape index (κ1) is 11.4. The number of likely N-dealkylation sites (tertiary alicyclic amines) is 1. The summed E-state index contributed by atoms with van der Waals surface area (Å²) in [7, 11) is 2.18. The van der Waals surface area contributed by atoms with Crippen molar-refractivity contribution in [3.63, 3.8) is 0 Å². The summed E-state index contributed by atoms with van der Waals surface area (Å²) in [5.74, 6) is 0. The number of hydrogen-bond acceptors (Lipinski definition) is 3. The molecule has 0 aromatic carbocycles. The molecule has 1 aliphatic carbocycles. The number of nitrogens with one attached hydrogen (secondary N) is 1. The van der Waals surface area contributed by atoms with Crippen LogP contribution < -0.4 is 5.32 Å². The maximum absolute atomic E-state index is 10.2. The number of rotatable bonds is 3. The van der Waals surface area contributed by atoms with Gasteiger partial charge in [0, 0.05) is 25.2 Å². The monoisotopic (exact) mass is 212 g/mol. The second-order valence-electron chi connectivity index (χ2n) is 5.53. The van der Waals surface area contributed by atoms with Gasteiger partial charge in [-0.05, 0) is 33.2 Å². The Morgan fingerprint density at radius 3 is 2.60 bits per heavy atom. The van der Waals surface area contributed by atoms with Gasteiger partial charge >= 0.3 is 0 Å². The lowest BCUT2D eigenvalue weighted by Gasteiger charge is -2.24. The zero-order chi connectivity index (χ0) is 10.9. The van der Waals surface area contributed by atoms with Gasteiger partial charge in [-0.15, -0.1) is 0 Å². The SMILES string of the molecule is CC1CC(NCC2(O)CCCC2)CN1C. The molecule has 2 N–H and O–H groups in total. The van der Waals surface area contributed by atoms with E-state index in [4.69, 9.17) is 0 Å². The van der Waals surface area contributed by atoms with Crippen LogP contribution in [-0.2, 0) is 0 Å². The molecule has 0 bridgehead atoms. The van der Waals surface area contributed by atoms with Gasteiger partial charge in [0.25, 0.3) is 0 Å². The van der Waals surface area contributed by atoms with Crippen LogP contribution in [0.3, 0.4) is 0 Å². The minimum Gasteiger partial charge on any atom is -0.389 e. The van der Waals surface area contributed by atoms with Crippen LogP contribution in [0.5, 0.6) is 0 Å². The minimum absolute atomic E-state index is 0.398. The first-order valence-electron chi connectivity index (χ1n) is 6.25. The topological polar surface area (TPSA) is 35.5 Å². The average molecular weight is 212 g/mol. The van der Waals surface area contributed by atoms with Crippen LogP contribution in [0.1, 0.15) is 39.0 Å². The molecule has 2 unspecified atom stereocenters. The molecule has 3 nitrogen and oxygen atoms in total. The maximum Gasteiger partial charge on any atom is 0.0771 e. The summed E-state index contributed by atoms with van der Waals surface area (Å²) in [5.41, 5.74) is -0.398. The van der Waals surface area contributed by atoms with E-state index < -0.39 is 5.60 Å². The molecule has 2 rings (SSSR count). The Bertz CT molecular complexity index is 204. The summed E-state index contributed by atoms with van der Waals surface area (Å²) < 4.78 is 0. The highest BCUT2D eigenvalue weighted by molar-refractivity contribution is 4.91. The summed E-state index contributed by atoms with van der Waals surface area (Å²) in [6, 6.07) is 1.26. The molecule has 2 aliphatic rings. The van der Waals surface area contributed by atoms with Gasteiger partial charge in [-0.1, -0.05) is 12.8 Å². The molecule has 3 heteroatoms. The fraction of sp³-hybridized carbons (Fsp3) is 1.00. The second-order valence-corrected chi connectivity index (χ2v) is 5.53. The predicted octanol–water partition coefficient (Wildman–Crippen LogP) is 0.974. The summed E-state index contributed by atoms with van der Waals surface area (Å²) >= 11 is 0. The van der Waals surface area contributed by atoms with Crippen molar-refractivity contribution >= 4 is 0 Å². The minimum atomic E-state index is -0.398. The van der Waals surface area contributed by atoms with E-state index in [0.717, 1.165) is 25.9 Å². The van der Waals surface area contributed by atoms with E-state index in [2.05, 4.69) is 24.2 Å². The van der Waals surface area contributed by atoms with Crippen molar-refractivity contribution in [3.8, 4) is 0 Å². The molecule has 15 heavy (non-hydrogen) atoms. The van der Waals surface area contributed by atoms with Gasteiger partial charge in [0.05, 0.1) is 5.60 Å². The van der Waals surface area contributed by atoms with Crippen LogP contribution in [-0.4, -0.2) is 47.8 Å². The van der Waals surface area contributed by atoms with Crippen LogP contribution in [0.4, 0.5) is 0 Å². The van der Waals surface area contributed by atoms with E-state index in [9.17, 15) is 5.11 Å². The Labute approximate surface area is 92.8 Å². The standard InChI is InChI=1S/C12H24N2O/c1-10-7-11(8-14(10)2)13-9-12(15)5-3-4-6-12/h10-11,13,15H,3-9H2,1-2H3. The van der Waals surface area contributed by atoms with E-state index in [1.165, 1.54) is 19.3 Å². The molecule has 1 saturated carbocycles. The van der Waals surface area contributed by atoms with Gasteiger partial charge in [-0.25, -0.2) is 0 Å². The zero-order valence-corrected chi connectivity index (χ0v) is 10.00. The number of hydrogen-bond donors (Lipinski definition) is 2. The van der Waals surface area contributed by atoms with E-state index in [0.29, 0.717) is 12.1 Å². The van der Waals surface area contributed by atoms with E-state index in [1.807, 2.05) is 0 Å². The summed E-state index contributed by atoms with van der Waals surface area (Å²) in [5, 5.41) is 13.7. The number of nitrogens with zero attached hydrogens (tertiary/aromatic N) is 1. The Hall–Kier alpha value is -0.120. The molecule has 0 spiro atoms. The first-order valence-corrected chi connectivity index (χ1v) is 6.25. The zero-order valence-electron chi connectivity index (χ0n) is 10.00. The highest BCUT2D eigenvalue weighted by Crippen LogP contribution is 2.29. The lowest BCUT2D eigenvalue weighted by molar-refractivity contribution is 0.0451. The largest absolute Gasteiger partial charge is 0.389 e. The van der Waals surface area contributed by atoms with Gasteiger partial charge < -0.3 is 15.3 Å². The van der Waals surface area contributed by atoms with Crippen LogP contribution >= 0.6 is 0 Å². The Morgan fingerprint density at radius 2 is 2.07 bits per heavy atom. The van der Waals surface area contributed by atoms with Crippen LogP contribution in [0.2, 0.25) is 0 Å². The summed E-state index contributed by atoms with van der Waals surface area (Å²) in [6.45, 7) is 4.18. The van der Waals surface area contributed by atoms with Gasteiger partial charge in [0.1, 0.15) is 0 Å². The fourth-order valence-electron chi connectivity index (χ4n) is 2.89. The highest BCUT2D eigenvalue weighted by atomic mass is 16.3. The Morgan fingerprint density at radius 1 is 1.40 bits per heavy atom. The smallest absolute Gasteiger partial charge is 0.0771 e. The third kappa shape index (κ3) is 2.71. The fourth-order valence-corrected chi connectivity index (χ4v) is 2.89. The van der Waals surface area contributed by atoms with Crippen molar-refractivity contribution < 1.29 is 5.11 Å². The molecule has 2 atom stereocenters. The Balaban J connectivity index is 1.74. The molecule has 1 aliphatic heterocycles. The molecular weight excluding hydrogens is 188 g/mol. The van der Waals surface area contributed by atoms with Gasteiger partial charge in [-0.3, -0.25) is 0 Å². The lowest BCUT2D eigenvalue weighted by Crippen LogP contribution is -2.43. The molecule has 0 aromatic heterocycles. The van der Waals surface area contributed by atoms with Gasteiger partial charge in [-0.2, -0.15) is 0 Å². The second kappa shape index (κ2) is 4.40. The van der Waals surface area contributed by atoms with Crippen molar-refractivity contribution in [2.45, 2.75) is 56.7 Å². The predicted molar refractivity (Wildman–Crippen MR) is 61.9 cm³/mol. The lowest BCUT2D eigenvalue weighted by atomic mass is 10.0. The molecule has 1 saturated heterocycles. The number of likely N-dealkylation sites (N-methyl/N-ethyl adjacent to an activating group) is 1. The van der Waals surface area contributed by atoms with Crippen molar-refractivity contribution in [2.24, 2.45) is 0 Å². The molecular formula is C12H24N2O. The van der Waals surface area contributed by atoms with E-state index in [1.54, 1.807) is 0 Å². The summed E-state index contributed by atoms with van der Waals surface area (Å²) in [4.78, 5) is 2.39. The van der Waals surface area contributed by atoms with Crippen molar-refractivity contribution in [1.29, 1.82) is 0 Å². The first-order chi connectivity index (χ1) is 7.09. The molecule has 0 aromatic rings. The summed E-state index contributed by atoms with van der Waals surface area (Å²) in [6.07, 6.45) is 5.57. The van der Waals surface area contributed by atoms with Crippen molar-refractivity contribution in [2.75, 3.05) is 20.1 Å². The van der Waals surface area contributed by atoms with E-state index in [-0.39, 0.29) is 0 Å². The molecule has 1 heterocycles. The normalized spacial score (nSPS) is 36.2. The van der Waals surface area contributed by atoms with Gasteiger partial charge in [0.2, 0.25) is 0 Å². The van der Waals surface area contributed by atoms with Crippen LogP contribution in [0, 0.1) is 0 Å². The van der Waals surface area contributed by atoms with Crippen LogP contribution in [0.15, 0.2) is 0 Å².